The number of carboxylic acid groups (broad SMARTS) is 2. The second-order valence-corrected chi connectivity index (χ2v) is 12.6. The fourth-order valence-electron chi connectivity index (χ4n) is 3.31. The van der Waals surface area contributed by atoms with Crippen LogP contribution in [-0.4, -0.2) is 65.9 Å². The predicted molar refractivity (Wildman–Crippen MR) is 175 cm³/mol. The van der Waals surface area contributed by atoms with Crippen LogP contribution in [0.3, 0.4) is 0 Å². The lowest BCUT2D eigenvalue weighted by atomic mass is 10.1. The van der Waals surface area contributed by atoms with Gasteiger partial charge in [0.2, 0.25) is 11.8 Å². The van der Waals surface area contributed by atoms with Crippen molar-refractivity contribution in [1.82, 2.24) is 10.6 Å². The van der Waals surface area contributed by atoms with Gasteiger partial charge in [0.05, 0.1) is 0 Å². The van der Waals surface area contributed by atoms with Crippen molar-refractivity contribution < 1.29 is 29.4 Å². The van der Waals surface area contributed by atoms with Gasteiger partial charge in [0, 0.05) is 33.7 Å². The van der Waals surface area contributed by atoms with E-state index in [0.29, 0.717) is 0 Å². The van der Waals surface area contributed by atoms with E-state index in [1.807, 2.05) is 48.5 Å². The Kier molecular flexibility index (Phi) is 18.5. The zero-order chi connectivity index (χ0) is 30.6. The average molecular weight is 637 g/mol. The van der Waals surface area contributed by atoms with Crippen molar-refractivity contribution in [2.24, 2.45) is 0 Å². The summed E-state index contributed by atoms with van der Waals surface area (Å²) in [5.41, 5.74) is 2.47. The molecule has 0 aliphatic heterocycles. The molecule has 0 aliphatic rings. The molecule has 2 aromatic rings. The standard InChI is InChI=1S/C15H19NO3S2.C14H17NO3S2/c1-11(17)16-13(15(18)19)10-21-14(20)9-5-8-12-6-3-2-4-7-12;1-10(16)15-12(14(17)18)9-20-13(19)8-7-11-5-3-2-4-6-11/h2-4,6-7,13H,5,8-10H2,1H3,(H,16,17)(H,18,19);2-6,12H,7-9H2,1H3,(H,15,16)(H,17,18). The first-order chi connectivity index (χ1) is 19.5. The molecule has 2 atom stereocenters. The highest BCUT2D eigenvalue weighted by Gasteiger charge is 2.20. The first-order valence-corrected chi connectivity index (χ1v) is 15.7. The molecule has 0 aliphatic carbocycles. The van der Waals surface area contributed by atoms with E-state index in [0.717, 1.165) is 40.5 Å². The normalized spacial score (nSPS) is 11.7. The number of aliphatic carboxylic acids is 2. The summed E-state index contributed by atoms with van der Waals surface area (Å²) in [6.07, 6.45) is 4.21. The third-order valence-corrected chi connectivity index (χ3v) is 8.49. The fraction of sp³-hybridized carbons (Fsp3) is 0.379. The molecule has 0 saturated heterocycles. The molecular weight excluding hydrogens is 601 g/mol. The lowest BCUT2D eigenvalue weighted by Gasteiger charge is -2.13. The molecule has 0 radical (unpaired) electrons. The number of hydrogen-bond acceptors (Lipinski definition) is 8. The summed E-state index contributed by atoms with van der Waals surface area (Å²) in [7, 11) is 0. The van der Waals surface area contributed by atoms with Crippen molar-refractivity contribution in [3.8, 4) is 0 Å². The van der Waals surface area contributed by atoms with Gasteiger partial charge in [-0.25, -0.2) is 9.59 Å². The second kappa shape index (κ2) is 21.0. The van der Waals surface area contributed by atoms with Crippen molar-refractivity contribution in [3.05, 3.63) is 71.8 Å². The second-order valence-electron chi connectivity index (χ2n) is 8.87. The number of nitrogens with one attached hydrogen (secondary N) is 2. The minimum absolute atomic E-state index is 0.253. The highest BCUT2D eigenvalue weighted by Crippen LogP contribution is 2.15. The van der Waals surface area contributed by atoms with Crippen LogP contribution in [-0.2, 0) is 32.0 Å². The van der Waals surface area contributed by atoms with Gasteiger partial charge in [-0.05, 0) is 43.2 Å². The Labute approximate surface area is 260 Å². The average Bonchev–Trinajstić information content (AvgIpc) is 2.93. The molecule has 41 heavy (non-hydrogen) atoms. The summed E-state index contributed by atoms with van der Waals surface area (Å²) in [5.74, 6) is -2.27. The van der Waals surface area contributed by atoms with E-state index in [1.165, 1.54) is 48.5 Å². The molecule has 2 amide bonds. The molecule has 0 aromatic heterocycles. The largest absolute Gasteiger partial charge is 0.480 e. The summed E-state index contributed by atoms with van der Waals surface area (Å²) in [4.78, 5) is 43.7. The minimum atomic E-state index is -1.04. The fourth-order valence-corrected chi connectivity index (χ4v) is 5.66. The van der Waals surface area contributed by atoms with Gasteiger partial charge in [-0.1, -0.05) is 85.1 Å². The van der Waals surface area contributed by atoms with Gasteiger partial charge >= 0.3 is 11.9 Å². The van der Waals surface area contributed by atoms with Crippen LogP contribution < -0.4 is 10.6 Å². The quantitative estimate of drug-likeness (QED) is 0.200. The summed E-state index contributed by atoms with van der Waals surface area (Å²) < 4.78 is 1.54. The number of carbonyl (C=O) groups excluding carboxylic acids is 2. The Hall–Kier alpha value is -2.80. The van der Waals surface area contributed by atoms with Crippen LogP contribution in [0.4, 0.5) is 0 Å². The van der Waals surface area contributed by atoms with Crippen LogP contribution in [0.1, 0.15) is 44.2 Å². The van der Waals surface area contributed by atoms with E-state index >= 15 is 0 Å². The number of rotatable bonds is 15. The van der Waals surface area contributed by atoms with Gasteiger partial charge in [0.1, 0.15) is 12.1 Å². The predicted octanol–water partition coefficient (Wildman–Crippen LogP) is 4.93. The van der Waals surface area contributed by atoms with E-state index in [4.69, 9.17) is 34.6 Å². The highest BCUT2D eigenvalue weighted by atomic mass is 32.2. The molecular formula is C29H36N2O6S4. The molecule has 2 unspecified atom stereocenters. The van der Waals surface area contributed by atoms with Crippen LogP contribution in [0.25, 0.3) is 0 Å². The van der Waals surface area contributed by atoms with Crippen LogP contribution in [0.2, 0.25) is 0 Å². The van der Waals surface area contributed by atoms with Crippen LogP contribution >= 0.6 is 48.0 Å². The first kappa shape index (κ1) is 36.2. The molecule has 222 valence electrons. The van der Waals surface area contributed by atoms with E-state index in [2.05, 4.69) is 22.8 Å². The number of aryl methyl sites for hydroxylation is 2. The van der Waals surface area contributed by atoms with Gasteiger partial charge in [0.15, 0.2) is 0 Å². The Morgan fingerprint density at radius 2 is 1.07 bits per heavy atom. The highest BCUT2D eigenvalue weighted by molar-refractivity contribution is 8.23. The molecule has 0 bridgehead atoms. The van der Waals surface area contributed by atoms with Gasteiger partial charge in [0.25, 0.3) is 0 Å². The number of hydrogen-bond donors (Lipinski definition) is 4. The van der Waals surface area contributed by atoms with E-state index in [9.17, 15) is 19.2 Å². The maximum atomic E-state index is 11.0. The van der Waals surface area contributed by atoms with Crippen LogP contribution in [0, 0.1) is 0 Å². The first-order valence-electron chi connectivity index (χ1n) is 12.9. The number of amides is 2. The zero-order valence-corrected chi connectivity index (χ0v) is 26.3. The molecule has 8 nitrogen and oxygen atoms in total. The van der Waals surface area contributed by atoms with Crippen molar-refractivity contribution in [2.45, 2.75) is 58.0 Å². The number of carbonyl (C=O) groups is 4. The summed E-state index contributed by atoms with van der Waals surface area (Å²) in [5, 5.41) is 22.7. The minimum Gasteiger partial charge on any atom is -0.480 e. The number of benzene rings is 2. The van der Waals surface area contributed by atoms with Gasteiger partial charge in [-0.2, -0.15) is 0 Å². The molecule has 2 rings (SSSR count). The molecule has 0 saturated carbocycles. The van der Waals surface area contributed by atoms with Crippen LogP contribution in [0.5, 0.6) is 0 Å². The SMILES string of the molecule is CC(=O)NC(CSC(=S)CCCc1ccccc1)C(=O)O.CC(=O)NC(CSC(=S)CCc1ccccc1)C(=O)O. The monoisotopic (exact) mass is 636 g/mol. The number of thiocarbonyl (C=S) groups is 2. The van der Waals surface area contributed by atoms with Crippen molar-refractivity contribution in [3.63, 3.8) is 0 Å². The lowest BCUT2D eigenvalue weighted by Crippen LogP contribution is -2.41. The van der Waals surface area contributed by atoms with E-state index < -0.39 is 24.0 Å². The smallest absolute Gasteiger partial charge is 0.327 e. The van der Waals surface area contributed by atoms with Crippen LogP contribution in [0.15, 0.2) is 60.7 Å². The summed E-state index contributed by atoms with van der Waals surface area (Å²) in [6, 6.07) is 18.3. The molecule has 0 spiro atoms. The Balaban J connectivity index is 0.000000410. The van der Waals surface area contributed by atoms with Crippen molar-refractivity contribution in [1.29, 1.82) is 0 Å². The third-order valence-electron chi connectivity index (χ3n) is 5.32. The zero-order valence-electron chi connectivity index (χ0n) is 23.0. The Morgan fingerprint density at radius 1 is 0.683 bits per heavy atom. The van der Waals surface area contributed by atoms with E-state index in [-0.39, 0.29) is 23.3 Å². The number of thioether (sulfide) groups is 2. The topological polar surface area (TPSA) is 133 Å². The van der Waals surface area contributed by atoms with Gasteiger partial charge in [-0.15, -0.1) is 23.5 Å². The van der Waals surface area contributed by atoms with E-state index in [1.54, 1.807) is 0 Å². The van der Waals surface area contributed by atoms with Crippen molar-refractivity contribution in [2.75, 3.05) is 11.5 Å². The Morgan fingerprint density at radius 3 is 1.46 bits per heavy atom. The third kappa shape index (κ3) is 18.3. The van der Waals surface area contributed by atoms with Gasteiger partial charge < -0.3 is 20.8 Å². The molecule has 0 heterocycles. The molecule has 0 fully saturated rings. The molecule has 4 N–H and O–H groups in total. The summed E-state index contributed by atoms with van der Waals surface area (Å²) in [6.45, 7) is 2.60. The maximum Gasteiger partial charge on any atom is 0.327 e. The van der Waals surface area contributed by atoms with Gasteiger partial charge in [-0.3, -0.25) is 9.59 Å². The number of carboxylic acids is 2. The molecule has 2 aromatic carbocycles. The Bertz CT molecular complexity index is 1150. The lowest BCUT2D eigenvalue weighted by molar-refractivity contribution is -0.141. The maximum absolute atomic E-state index is 11.0. The summed E-state index contributed by atoms with van der Waals surface area (Å²) >= 11 is 13.1. The van der Waals surface area contributed by atoms with Crippen molar-refractivity contribution >= 4 is 80.1 Å². The molecule has 12 heteroatoms.